The van der Waals surface area contributed by atoms with Crippen molar-refractivity contribution < 1.29 is 14.4 Å². The molecule has 1 aliphatic heterocycles. The number of carbonyl (C=O) groups is 1. The first-order chi connectivity index (χ1) is 13.2. The molecular weight excluding hydrogens is 358 g/mol. The number of amides is 1. The van der Waals surface area contributed by atoms with Crippen LogP contribution in [0, 0.1) is 6.92 Å². The molecule has 0 spiro atoms. The molecule has 2 N–H and O–H groups in total. The number of thiophene rings is 1. The van der Waals surface area contributed by atoms with E-state index in [9.17, 15) is 4.79 Å². The number of H-pyrrole nitrogens is 1. The van der Waals surface area contributed by atoms with E-state index in [-0.39, 0.29) is 12.1 Å². The highest BCUT2D eigenvalue weighted by Gasteiger charge is 2.35. The number of carbonyl (C=O) groups excluding carboxylic acids is 1. The van der Waals surface area contributed by atoms with E-state index in [2.05, 4.69) is 53.7 Å². The van der Waals surface area contributed by atoms with Crippen molar-refractivity contribution in [1.29, 1.82) is 0 Å². The summed E-state index contributed by atoms with van der Waals surface area (Å²) in [5.74, 6) is 0. The first-order valence-corrected chi connectivity index (χ1v) is 10.4. The fraction of sp³-hybridized carbons (Fsp3) is 0.381. The van der Waals surface area contributed by atoms with E-state index in [1.165, 1.54) is 31.9 Å². The van der Waals surface area contributed by atoms with Gasteiger partial charge in [-0.2, -0.15) is 0 Å². The number of piperazine rings is 1. The molecule has 1 fully saturated rings. The van der Waals surface area contributed by atoms with Gasteiger partial charge in [0.05, 0.1) is 37.7 Å². The maximum atomic E-state index is 12.1. The van der Waals surface area contributed by atoms with Crippen LogP contribution in [-0.4, -0.2) is 48.8 Å². The number of rotatable bonds is 4. The quantitative estimate of drug-likeness (QED) is 0.727. The molecule has 5 nitrogen and oxygen atoms in total. The van der Waals surface area contributed by atoms with Gasteiger partial charge < -0.3 is 14.6 Å². The Kier molecular flexibility index (Phi) is 5.18. The lowest BCUT2D eigenvalue weighted by Crippen LogP contribution is -3.15. The average Bonchev–Trinajstić information content (AvgIpc) is 3.32. The number of para-hydroxylation sites is 1. The maximum absolute atomic E-state index is 12.1. The molecule has 6 heteroatoms. The van der Waals surface area contributed by atoms with Crippen LogP contribution in [0.15, 0.2) is 41.8 Å². The van der Waals surface area contributed by atoms with Crippen molar-refractivity contribution >= 4 is 28.3 Å². The maximum Gasteiger partial charge on any atom is 0.410 e. The van der Waals surface area contributed by atoms with Crippen LogP contribution in [0.3, 0.4) is 0 Å². The summed E-state index contributed by atoms with van der Waals surface area (Å²) in [5, 5.41) is 3.45. The zero-order valence-electron chi connectivity index (χ0n) is 15.8. The van der Waals surface area contributed by atoms with Gasteiger partial charge in [-0.15, -0.1) is 11.3 Å². The molecule has 4 rings (SSSR count). The Bertz CT molecular complexity index is 911. The zero-order chi connectivity index (χ0) is 18.8. The predicted octanol–water partition coefficient (Wildman–Crippen LogP) is 2.98. The summed E-state index contributed by atoms with van der Waals surface area (Å²) >= 11 is 1.82. The van der Waals surface area contributed by atoms with Crippen LogP contribution in [-0.2, 0) is 4.74 Å². The third-order valence-electron chi connectivity index (χ3n) is 5.40. The summed E-state index contributed by atoms with van der Waals surface area (Å²) in [6.45, 7) is 7.75. The Balaban J connectivity index is 1.66. The van der Waals surface area contributed by atoms with Gasteiger partial charge in [-0.25, -0.2) is 4.79 Å². The highest BCUT2D eigenvalue weighted by Crippen LogP contribution is 2.32. The molecule has 0 radical (unpaired) electrons. The first kappa shape index (κ1) is 18.1. The summed E-state index contributed by atoms with van der Waals surface area (Å²) in [6, 6.07) is 13.2. The lowest BCUT2D eigenvalue weighted by atomic mass is 9.99. The molecule has 27 heavy (non-hydrogen) atoms. The number of aromatic nitrogens is 1. The minimum Gasteiger partial charge on any atom is -0.450 e. The van der Waals surface area contributed by atoms with Gasteiger partial charge >= 0.3 is 6.09 Å². The number of aryl methyl sites for hydroxylation is 1. The van der Waals surface area contributed by atoms with E-state index in [1.54, 1.807) is 0 Å². The van der Waals surface area contributed by atoms with E-state index in [0.29, 0.717) is 6.61 Å². The van der Waals surface area contributed by atoms with Gasteiger partial charge in [0.25, 0.3) is 0 Å². The lowest BCUT2D eigenvalue weighted by Gasteiger charge is -2.36. The topological polar surface area (TPSA) is 49.8 Å². The van der Waals surface area contributed by atoms with Gasteiger partial charge in [0.1, 0.15) is 0 Å². The van der Waals surface area contributed by atoms with E-state index < -0.39 is 0 Å². The summed E-state index contributed by atoms with van der Waals surface area (Å²) < 4.78 is 5.17. The summed E-state index contributed by atoms with van der Waals surface area (Å²) in [4.78, 5) is 20.3. The number of nitrogens with one attached hydrogen (secondary N) is 2. The zero-order valence-corrected chi connectivity index (χ0v) is 16.6. The number of ether oxygens (including phenoxy) is 1. The number of aromatic amines is 1. The molecule has 0 aliphatic carbocycles. The van der Waals surface area contributed by atoms with Crippen LogP contribution in [0.25, 0.3) is 10.9 Å². The van der Waals surface area contributed by atoms with Crippen molar-refractivity contribution in [3.05, 3.63) is 57.9 Å². The van der Waals surface area contributed by atoms with Gasteiger partial charge in [0, 0.05) is 22.2 Å². The molecule has 1 atom stereocenters. The van der Waals surface area contributed by atoms with Crippen molar-refractivity contribution in [2.24, 2.45) is 0 Å². The highest BCUT2D eigenvalue weighted by molar-refractivity contribution is 7.10. The Labute approximate surface area is 163 Å². The Hall–Kier alpha value is -2.31. The monoisotopic (exact) mass is 384 g/mol. The Morgan fingerprint density at radius 1 is 1.26 bits per heavy atom. The molecule has 142 valence electrons. The minimum absolute atomic E-state index is 0.188. The number of hydrogen-bond acceptors (Lipinski definition) is 3. The largest absolute Gasteiger partial charge is 0.450 e. The number of benzene rings is 1. The van der Waals surface area contributed by atoms with Crippen LogP contribution in [0.4, 0.5) is 4.79 Å². The molecular formula is C21H26N3O2S+. The van der Waals surface area contributed by atoms with Gasteiger partial charge in [0.15, 0.2) is 6.04 Å². The molecule has 1 amide bonds. The molecule has 1 aromatic carbocycles. The standard InChI is InChI=1S/C21H25N3O2S/c1-3-26-21(25)24-12-10-23(11-13-24)20(18-9-6-14-27-18)19-15(2)22-17-8-5-4-7-16(17)19/h4-9,14,20,22H,3,10-13H2,1-2H3/p+1/t20-/m1/s1. The second kappa shape index (κ2) is 7.74. The van der Waals surface area contributed by atoms with Crippen LogP contribution in [0.1, 0.15) is 29.1 Å². The second-order valence-electron chi connectivity index (χ2n) is 7.00. The summed E-state index contributed by atoms with van der Waals surface area (Å²) in [7, 11) is 0. The van der Waals surface area contributed by atoms with E-state index >= 15 is 0 Å². The number of nitrogens with zero attached hydrogens (tertiary/aromatic N) is 1. The number of fused-ring (bicyclic) bond motifs is 1. The molecule has 2 aromatic heterocycles. The Morgan fingerprint density at radius 2 is 2.04 bits per heavy atom. The van der Waals surface area contributed by atoms with Crippen molar-refractivity contribution in [3.63, 3.8) is 0 Å². The molecule has 3 aromatic rings. The first-order valence-electron chi connectivity index (χ1n) is 9.56. The van der Waals surface area contributed by atoms with Crippen LogP contribution in [0.2, 0.25) is 0 Å². The van der Waals surface area contributed by atoms with Gasteiger partial charge in [0.2, 0.25) is 0 Å². The minimum atomic E-state index is -0.188. The fourth-order valence-corrected chi connectivity index (χ4v) is 5.05. The van der Waals surface area contributed by atoms with Crippen LogP contribution in [0.5, 0.6) is 0 Å². The molecule has 3 heterocycles. The van der Waals surface area contributed by atoms with Crippen LogP contribution >= 0.6 is 11.3 Å². The molecule has 1 saturated heterocycles. The fourth-order valence-electron chi connectivity index (χ4n) is 4.15. The normalized spacial score (nSPS) is 16.6. The SMILES string of the molecule is CCOC(=O)N1CC[NH+]([C@H](c2cccs2)c2c(C)[nH]c3ccccc23)CC1. The van der Waals surface area contributed by atoms with Gasteiger partial charge in [-0.1, -0.05) is 24.3 Å². The molecule has 0 unspecified atom stereocenters. The predicted molar refractivity (Wildman–Crippen MR) is 108 cm³/mol. The van der Waals surface area contributed by atoms with E-state index in [1.807, 2.05) is 23.2 Å². The molecule has 1 aliphatic rings. The molecule has 0 bridgehead atoms. The van der Waals surface area contributed by atoms with E-state index in [4.69, 9.17) is 4.74 Å². The third kappa shape index (κ3) is 3.47. The number of quaternary nitrogens is 1. The average molecular weight is 385 g/mol. The van der Waals surface area contributed by atoms with E-state index in [0.717, 1.165) is 26.2 Å². The third-order valence-corrected chi connectivity index (χ3v) is 6.34. The second-order valence-corrected chi connectivity index (χ2v) is 7.98. The van der Waals surface area contributed by atoms with Gasteiger partial charge in [-0.05, 0) is 31.4 Å². The highest BCUT2D eigenvalue weighted by atomic mass is 32.1. The van der Waals surface area contributed by atoms with Crippen molar-refractivity contribution in [3.8, 4) is 0 Å². The molecule has 0 saturated carbocycles. The lowest BCUT2D eigenvalue weighted by molar-refractivity contribution is -0.928. The van der Waals surface area contributed by atoms with Crippen molar-refractivity contribution in [1.82, 2.24) is 9.88 Å². The summed E-state index contributed by atoms with van der Waals surface area (Å²) in [5.41, 5.74) is 3.80. The summed E-state index contributed by atoms with van der Waals surface area (Å²) in [6.07, 6.45) is -0.188. The van der Waals surface area contributed by atoms with Crippen molar-refractivity contribution in [2.75, 3.05) is 32.8 Å². The van der Waals surface area contributed by atoms with Crippen molar-refractivity contribution in [2.45, 2.75) is 19.9 Å². The van der Waals surface area contributed by atoms with Gasteiger partial charge in [-0.3, -0.25) is 4.90 Å². The Morgan fingerprint density at radius 3 is 2.74 bits per heavy atom. The smallest absolute Gasteiger partial charge is 0.410 e. The number of hydrogen-bond donors (Lipinski definition) is 2. The van der Waals surface area contributed by atoms with Crippen LogP contribution < -0.4 is 4.90 Å².